The summed E-state index contributed by atoms with van der Waals surface area (Å²) in [6, 6.07) is 0. The third-order valence-corrected chi connectivity index (χ3v) is 7.63. The second-order valence-electron chi connectivity index (χ2n) is 9.81. The van der Waals surface area contributed by atoms with Gasteiger partial charge in [0, 0.05) is 5.92 Å². The fraction of sp³-hybridized carbons (Fsp3) is 1.00. The summed E-state index contributed by atoms with van der Waals surface area (Å²) in [5.41, 5.74) is 0. The third kappa shape index (κ3) is 4.84. The van der Waals surface area contributed by atoms with Crippen LogP contribution in [-0.4, -0.2) is 121 Å². The van der Waals surface area contributed by atoms with E-state index in [1.807, 2.05) is 0 Å². The molecule has 2 saturated carbocycles. The molecule has 4 fully saturated rings. The number of aliphatic hydroxyl groups is 8. The Morgan fingerprint density at radius 1 is 0.719 bits per heavy atom. The first kappa shape index (κ1) is 24.7. The highest BCUT2D eigenvalue weighted by Gasteiger charge is 2.49. The predicted molar refractivity (Wildman–Crippen MR) is 106 cm³/mol. The fourth-order valence-corrected chi connectivity index (χ4v) is 5.80. The van der Waals surface area contributed by atoms with Gasteiger partial charge in [0.25, 0.3) is 0 Å². The highest BCUT2D eigenvalue weighted by Crippen LogP contribution is 2.42. The van der Waals surface area contributed by atoms with Crippen molar-refractivity contribution in [2.45, 2.75) is 112 Å². The molecule has 0 aromatic heterocycles. The lowest BCUT2D eigenvalue weighted by molar-refractivity contribution is -0.320. The number of hydrogen-bond donors (Lipinski definition) is 8. The maximum Gasteiger partial charge on any atom is 0.187 e. The Labute approximate surface area is 186 Å². The summed E-state index contributed by atoms with van der Waals surface area (Å²) >= 11 is 0. The molecule has 0 amide bonds. The van der Waals surface area contributed by atoms with Gasteiger partial charge in [-0.3, -0.25) is 0 Å². The third-order valence-electron chi connectivity index (χ3n) is 7.63. The van der Waals surface area contributed by atoms with Gasteiger partial charge in [0.1, 0.15) is 24.4 Å². The lowest BCUT2D eigenvalue weighted by Gasteiger charge is -2.49. The topological polar surface area (TPSA) is 190 Å². The summed E-state index contributed by atoms with van der Waals surface area (Å²) in [7, 11) is 0. The van der Waals surface area contributed by atoms with Crippen molar-refractivity contribution in [1.82, 2.24) is 0 Å². The molecule has 2 aliphatic carbocycles. The van der Waals surface area contributed by atoms with Gasteiger partial charge < -0.3 is 55.1 Å². The molecule has 0 radical (unpaired) electrons. The first-order chi connectivity index (χ1) is 15.2. The molecule has 14 atom stereocenters. The molecular weight excluding hydrogens is 428 g/mol. The molecule has 4 aliphatic rings. The van der Waals surface area contributed by atoms with E-state index in [1.54, 1.807) is 0 Å². The van der Waals surface area contributed by atoms with E-state index in [9.17, 15) is 40.9 Å². The highest BCUT2D eigenvalue weighted by molar-refractivity contribution is 4.97. The molecule has 4 rings (SSSR count). The van der Waals surface area contributed by atoms with E-state index >= 15 is 0 Å². The molecule has 0 aromatic rings. The smallest absolute Gasteiger partial charge is 0.187 e. The van der Waals surface area contributed by atoms with Crippen LogP contribution in [0, 0.1) is 11.8 Å². The Kier molecular flexibility index (Phi) is 7.75. The lowest BCUT2D eigenvalue weighted by Crippen LogP contribution is -2.60. The molecule has 14 unspecified atom stereocenters. The minimum absolute atomic E-state index is 0.160. The van der Waals surface area contributed by atoms with Crippen LogP contribution in [0.4, 0.5) is 0 Å². The Balaban J connectivity index is 1.34. The summed E-state index contributed by atoms with van der Waals surface area (Å²) in [4.78, 5) is 0. The minimum atomic E-state index is -1.56. The summed E-state index contributed by atoms with van der Waals surface area (Å²) in [6.45, 7) is -0.567. The molecular formula is C21H36O11. The van der Waals surface area contributed by atoms with E-state index in [1.165, 1.54) is 0 Å². The van der Waals surface area contributed by atoms with Crippen molar-refractivity contribution in [3.05, 3.63) is 0 Å². The van der Waals surface area contributed by atoms with Gasteiger partial charge >= 0.3 is 0 Å². The molecule has 0 spiro atoms. The molecule has 186 valence electrons. The van der Waals surface area contributed by atoms with Crippen molar-refractivity contribution in [2.75, 3.05) is 6.61 Å². The zero-order valence-corrected chi connectivity index (χ0v) is 17.8. The second kappa shape index (κ2) is 10.0. The number of fused-ring (bicyclic) bond motifs is 1. The van der Waals surface area contributed by atoms with E-state index in [0.717, 1.165) is 0 Å². The molecule has 11 nitrogen and oxygen atoms in total. The number of aliphatic hydroxyl groups excluding tert-OH is 8. The number of rotatable bonds is 4. The first-order valence-electron chi connectivity index (χ1n) is 11.5. The Morgan fingerprint density at radius 3 is 2.16 bits per heavy atom. The number of hydrogen-bond acceptors (Lipinski definition) is 11. The van der Waals surface area contributed by atoms with Gasteiger partial charge in [-0.25, -0.2) is 0 Å². The monoisotopic (exact) mass is 464 g/mol. The molecule has 2 saturated heterocycles. The normalized spacial score (nSPS) is 54.8. The van der Waals surface area contributed by atoms with Crippen molar-refractivity contribution < 1.29 is 55.1 Å². The molecule has 2 heterocycles. The van der Waals surface area contributed by atoms with Crippen LogP contribution in [0.5, 0.6) is 0 Å². The fourth-order valence-electron chi connectivity index (χ4n) is 5.80. The van der Waals surface area contributed by atoms with Gasteiger partial charge in [0.15, 0.2) is 6.29 Å². The van der Waals surface area contributed by atoms with Crippen LogP contribution in [0.2, 0.25) is 0 Å². The van der Waals surface area contributed by atoms with Crippen LogP contribution in [0.25, 0.3) is 0 Å². The Morgan fingerprint density at radius 2 is 1.47 bits per heavy atom. The predicted octanol–water partition coefficient (Wildman–Crippen LogP) is -3.02. The zero-order chi connectivity index (χ0) is 23.2. The van der Waals surface area contributed by atoms with Crippen LogP contribution >= 0.6 is 0 Å². The van der Waals surface area contributed by atoms with Crippen LogP contribution in [0.3, 0.4) is 0 Å². The molecule has 11 heteroatoms. The van der Waals surface area contributed by atoms with Gasteiger partial charge in [-0.15, -0.1) is 0 Å². The van der Waals surface area contributed by atoms with E-state index in [0.29, 0.717) is 25.7 Å². The van der Waals surface area contributed by atoms with Gasteiger partial charge in [-0.2, -0.15) is 0 Å². The second-order valence-corrected chi connectivity index (χ2v) is 9.81. The molecule has 32 heavy (non-hydrogen) atoms. The van der Waals surface area contributed by atoms with Crippen LogP contribution in [-0.2, 0) is 14.2 Å². The maximum absolute atomic E-state index is 10.7. The zero-order valence-electron chi connectivity index (χ0n) is 17.8. The largest absolute Gasteiger partial charge is 0.394 e. The summed E-state index contributed by atoms with van der Waals surface area (Å²) in [6.07, 6.45) is -9.40. The van der Waals surface area contributed by atoms with Crippen LogP contribution in [0.15, 0.2) is 0 Å². The van der Waals surface area contributed by atoms with E-state index < -0.39 is 73.9 Å². The summed E-state index contributed by atoms with van der Waals surface area (Å²) in [5.74, 6) is -0.382. The van der Waals surface area contributed by atoms with Gasteiger partial charge in [0.2, 0.25) is 0 Å². The molecule has 0 bridgehead atoms. The van der Waals surface area contributed by atoms with Gasteiger partial charge in [-0.1, -0.05) is 0 Å². The van der Waals surface area contributed by atoms with Gasteiger partial charge in [-0.05, 0) is 44.4 Å². The van der Waals surface area contributed by atoms with Crippen LogP contribution in [0.1, 0.15) is 38.5 Å². The number of ether oxygens (including phenoxy) is 3. The SMILES string of the molecule is OCC1OC(OC2CCC(C3OC4CC(O)CC(O)C4CC3O)CC2O)C(O)C(O)C1O. The summed E-state index contributed by atoms with van der Waals surface area (Å²) in [5, 5.41) is 80.8. The Bertz CT molecular complexity index is 621. The average Bonchev–Trinajstić information content (AvgIpc) is 2.75. The van der Waals surface area contributed by atoms with Crippen molar-refractivity contribution in [3.63, 3.8) is 0 Å². The van der Waals surface area contributed by atoms with Crippen molar-refractivity contribution in [1.29, 1.82) is 0 Å². The molecule has 2 aliphatic heterocycles. The lowest BCUT2D eigenvalue weighted by atomic mass is 9.72. The van der Waals surface area contributed by atoms with E-state index in [2.05, 4.69) is 0 Å². The van der Waals surface area contributed by atoms with Crippen molar-refractivity contribution >= 4 is 0 Å². The standard InChI is InChI=1S/C21H36O11/c22-7-16-17(27)18(28)19(29)21(32-16)31-14-2-1-8(3-12(14)25)20-13(26)6-10-11(24)4-9(23)5-15(10)30-20/h8-29H,1-7H2. The Hall–Kier alpha value is -0.440. The molecule has 8 N–H and O–H groups in total. The summed E-state index contributed by atoms with van der Waals surface area (Å²) < 4.78 is 17.2. The van der Waals surface area contributed by atoms with Crippen molar-refractivity contribution in [3.8, 4) is 0 Å². The van der Waals surface area contributed by atoms with Gasteiger partial charge in [0.05, 0.1) is 49.3 Å². The van der Waals surface area contributed by atoms with Crippen molar-refractivity contribution in [2.24, 2.45) is 11.8 Å². The van der Waals surface area contributed by atoms with Crippen LogP contribution < -0.4 is 0 Å². The van der Waals surface area contributed by atoms with E-state index in [-0.39, 0.29) is 30.8 Å². The highest BCUT2D eigenvalue weighted by atomic mass is 16.7. The first-order valence-corrected chi connectivity index (χ1v) is 11.5. The molecule has 0 aromatic carbocycles. The quantitative estimate of drug-likeness (QED) is 0.211. The maximum atomic E-state index is 10.7. The van der Waals surface area contributed by atoms with E-state index in [4.69, 9.17) is 14.2 Å². The minimum Gasteiger partial charge on any atom is -0.394 e. The average molecular weight is 465 g/mol.